The molecule has 1 aliphatic carbocycles. The maximum absolute atomic E-state index is 5.49. The Balaban J connectivity index is 1.72. The molecular weight excluding hydrogens is 246 g/mol. The van der Waals surface area contributed by atoms with Gasteiger partial charge in [0, 0.05) is 25.3 Å². The minimum Gasteiger partial charge on any atom is -0.381 e. The lowest BCUT2D eigenvalue weighted by molar-refractivity contribution is 0.0706. The summed E-state index contributed by atoms with van der Waals surface area (Å²) in [6, 6.07) is 12.2. The summed E-state index contributed by atoms with van der Waals surface area (Å²) in [5, 5.41) is 3.96. The van der Waals surface area contributed by atoms with Crippen molar-refractivity contribution < 1.29 is 4.74 Å². The average Bonchev–Trinajstić information content (AvgIpc) is 2.55. The molecule has 0 radical (unpaired) electrons. The molecule has 0 aromatic heterocycles. The van der Waals surface area contributed by atoms with Crippen molar-refractivity contribution in [3.63, 3.8) is 0 Å². The van der Waals surface area contributed by atoms with E-state index < -0.39 is 0 Å². The zero-order valence-corrected chi connectivity index (χ0v) is 12.4. The van der Waals surface area contributed by atoms with Crippen molar-refractivity contribution in [2.75, 3.05) is 13.2 Å². The van der Waals surface area contributed by atoms with E-state index in [0.29, 0.717) is 12.1 Å². The molecule has 1 aromatic carbocycles. The summed E-state index contributed by atoms with van der Waals surface area (Å²) in [5.74, 6) is 0.814. The van der Waals surface area contributed by atoms with Crippen LogP contribution in [0.2, 0.25) is 0 Å². The molecule has 0 spiro atoms. The topological polar surface area (TPSA) is 21.3 Å². The maximum atomic E-state index is 5.49. The largest absolute Gasteiger partial charge is 0.381 e. The number of ether oxygens (including phenoxy) is 1. The number of nitrogens with one attached hydrogen (secondary N) is 1. The third-order valence-corrected chi connectivity index (χ3v) is 4.92. The van der Waals surface area contributed by atoms with Crippen molar-refractivity contribution in [1.82, 2.24) is 5.32 Å². The molecule has 3 rings (SSSR count). The van der Waals surface area contributed by atoms with Crippen LogP contribution in [0.5, 0.6) is 0 Å². The number of hydrogen-bond acceptors (Lipinski definition) is 2. The van der Waals surface area contributed by atoms with Gasteiger partial charge in [-0.3, -0.25) is 0 Å². The summed E-state index contributed by atoms with van der Waals surface area (Å²) in [4.78, 5) is 0. The second-order valence-electron chi connectivity index (χ2n) is 6.34. The fraction of sp³-hybridized carbons (Fsp3) is 0.667. The van der Waals surface area contributed by atoms with Crippen molar-refractivity contribution in [2.24, 2.45) is 5.92 Å². The number of hydrogen-bond donors (Lipinski definition) is 1. The molecule has 0 amide bonds. The minimum atomic E-state index is 0.541. The van der Waals surface area contributed by atoms with Gasteiger partial charge in [-0.2, -0.15) is 0 Å². The van der Waals surface area contributed by atoms with Gasteiger partial charge in [0.2, 0.25) is 0 Å². The van der Waals surface area contributed by atoms with Gasteiger partial charge >= 0.3 is 0 Å². The van der Waals surface area contributed by atoms with Crippen molar-refractivity contribution in [3.8, 4) is 0 Å². The van der Waals surface area contributed by atoms with Gasteiger partial charge in [0.05, 0.1) is 0 Å². The van der Waals surface area contributed by atoms with E-state index in [-0.39, 0.29) is 0 Å². The molecule has 1 heterocycles. The van der Waals surface area contributed by atoms with Gasteiger partial charge in [-0.1, -0.05) is 49.6 Å². The van der Waals surface area contributed by atoms with Crippen LogP contribution in [0.1, 0.15) is 56.6 Å². The fourth-order valence-corrected chi connectivity index (χ4v) is 3.75. The first-order valence-corrected chi connectivity index (χ1v) is 8.32. The first-order valence-electron chi connectivity index (χ1n) is 8.32. The predicted octanol–water partition coefficient (Wildman–Crippen LogP) is 4.08. The van der Waals surface area contributed by atoms with Crippen molar-refractivity contribution in [2.45, 2.75) is 57.0 Å². The number of rotatable bonds is 4. The quantitative estimate of drug-likeness (QED) is 0.892. The van der Waals surface area contributed by atoms with E-state index in [1.165, 1.54) is 37.7 Å². The lowest BCUT2D eigenvalue weighted by Gasteiger charge is -2.35. The van der Waals surface area contributed by atoms with E-state index in [0.717, 1.165) is 32.0 Å². The molecule has 1 saturated heterocycles. The highest BCUT2D eigenvalue weighted by molar-refractivity contribution is 5.20. The van der Waals surface area contributed by atoms with Crippen LogP contribution < -0.4 is 5.32 Å². The molecule has 2 nitrogen and oxygen atoms in total. The van der Waals surface area contributed by atoms with E-state index in [1.807, 2.05) is 0 Å². The van der Waals surface area contributed by atoms with Crippen LogP contribution in [0.15, 0.2) is 30.3 Å². The third kappa shape index (κ3) is 3.62. The molecule has 2 fully saturated rings. The van der Waals surface area contributed by atoms with Gasteiger partial charge in [0.25, 0.3) is 0 Å². The van der Waals surface area contributed by atoms with Gasteiger partial charge in [-0.25, -0.2) is 0 Å². The molecular formula is C18H27NO. The Morgan fingerprint density at radius 3 is 2.30 bits per heavy atom. The van der Waals surface area contributed by atoms with Gasteiger partial charge < -0.3 is 10.1 Å². The Morgan fingerprint density at radius 1 is 0.900 bits per heavy atom. The standard InChI is InChI=1S/C18H27NO/c1-3-7-15(8-4-1)18(16-9-5-2-6-10-16)19-17-11-13-20-14-12-17/h1,3-4,7-8,16-19H,2,5-6,9-14H2. The number of benzene rings is 1. The van der Waals surface area contributed by atoms with Gasteiger partial charge in [0.1, 0.15) is 0 Å². The van der Waals surface area contributed by atoms with E-state index >= 15 is 0 Å². The average molecular weight is 273 g/mol. The van der Waals surface area contributed by atoms with Crippen LogP contribution in [-0.2, 0) is 4.74 Å². The summed E-state index contributed by atoms with van der Waals surface area (Å²) in [7, 11) is 0. The van der Waals surface area contributed by atoms with Crippen LogP contribution in [0, 0.1) is 5.92 Å². The molecule has 0 bridgehead atoms. The van der Waals surface area contributed by atoms with Gasteiger partial charge in [-0.15, -0.1) is 0 Å². The molecule has 1 unspecified atom stereocenters. The Morgan fingerprint density at radius 2 is 1.60 bits per heavy atom. The zero-order chi connectivity index (χ0) is 13.6. The van der Waals surface area contributed by atoms with Crippen LogP contribution in [0.3, 0.4) is 0 Å². The van der Waals surface area contributed by atoms with Crippen molar-refractivity contribution in [3.05, 3.63) is 35.9 Å². The summed E-state index contributed by atoms with van der Waals surface area (Å²) < 4.78 is 5.49. The normalized spacial score (nSPS) is 23.6. The second-order valence-corrected chi connectivity index (χ2v) is 6.34. The van der Waals surface area contributed by atoms with Crippen LogP contribution in [0.25, 0.3) is 0 Å². The molecule has 1 aromatic rings. The van der Waals surface area contributed by atoms with E-state index in [4.69, 9.17) is 4.74 Å². The van der Waals surface area contributed by atoms with Crippen molar-refractivity contribution >= 4 is 0 Å². The molecule has 20 heavy (non-hydrogen) atoms. The van der Waals surface area contributed by atoms with E-state index in [1.54, 1.807) is 0 Å². The Kier molecular flexibility index (Phi) is 5.10. The molecule has 2 aliphatic rings. The third-order valence-electron chi connectivity index (χ3n) is 4.92. The Hall–Kier alpha value is -0.860. The van der Waals surface area contributed by atoms with Crippen LogP contribution in [0.4, 0.5) is 0 Å². The molecule has 1 saturated carbocycles. The van der Waals surface area contributed by atoms with E-state index in [9.17, 15) is 0 Å². The molecule has 1 atom stereocenters. The Bertz CT molecular complexity index is 380. The maximum Gasteiger partial charge on any atom is 0.0480 e. The van der Waals surface area contributed by atoms with Crippen LogP contribution >= 0.6 is 0 Å². The predicted molar refractivity (Wildman–Crippen MR) is 82.7 cm³/mol. The highest BCUT2D eigenvalue weighted by Gasteiger charge is 2.27. The monoisotopic (exact) mass is 273 g/mol. The fourth-order valence-electron chi connectivity index (χ4n) is 3.75. The second kappa shape index (κ2) is 7.24. The summed E-state index contributed by atoms with van der Waals surface area (Å²) >= 11 is 0. The first-order chi connectivity index (χ1) is 9.93. The first kappa shape index (κ1) is 14.1. The molecule has 1 N–H and O–H groups in total. The van der Waals surface area contributed by atoms with E-state index in [2.05, 4.69) is 35.6 Å². The smallest absolute Gasteiger partial charge is 0.0480 e. The van der Waals surface area contributed by atoms with Gasteiger partial charge in [0.15, 0.2) is 0 Å². The lowest BCUT2D eigenvalue weighted by Crippen LogP contribution is -2.40. The SMILES string of the molecule is c1ccc(C(NC2CCOCC2)C2CCCCC2)cc1. The zero-order valence-electron chi connectivity index (χ0n) is 12.4. The molecule has 1 aliphatic heterocycles. The molecule has 2 heteroatoms. The summed E-state index contributed by atoms with van der Waals surface area (Å²) in [5.41, 5.74) is 1.48. The van der Waals surface area contributed by atoms with Crippen LogP contribution in [-0.4, -0.2) is 19.3 Å². The van der Waals surface area contributed by atoms with Gasteiger partial charge in [-0.05, 0) is 37.2 Å². The Labute approximate surface area is 122 Å². The lowest BCUT2D eigenvalue weighted by atomic mass is 9.80. The summed E-state index contributed by atoms with van der Waals surface area (Å²) in [6.45, 7) is 1.84. The molecule has 110 valence electrons. The highest BCUT2D eigenvalue weighted by atomic mass is 16.5. The minimum absolute atomic E-state index is 0.541. The highest BCUT2D eigenvalue weighted by Crippen LogP contribution is 2.35. The summed E-state index contributed by atoms with van der Waals surface area (Å²) in [6.07, 6.45) is 9.33. The van der Waals surface area contributed by atoms with Crippen molar-refractivity contribution in [1.29, 1.82) is 0 Å².